The number of nitrogens with two attached hydrogens (primary N) is 1. The Morgan fingerprint density at radius 2 is 2.05 bits per heavy atom. The molecule has 4 heteroatoms. The van der Waals surface area contributed by atoms with Crippen molar-refractivity contribution in [3.8, 4) is 0 Å². The van der Waals surface area contributed by atoms with Crippen LogP contribution in [0.4, 0.5) is 0 Å². The summed E-state index contributed by atoms with van der Waals surface area (Å²) < 4.78 is 0. The summed E-state index contributed by atoms with van der Waals surface area (Å²) in [5.74, 6) is 1.04. The molecule has 1 saturated carbocycles. The van der Waals surface area contributed by atoms with Crippen molar-refractivity contribution in [3.05, 3.63) is 0 Å². The molecule has 0 bridgehead atoms. The van der Waals surface area contributed by atoms with Crippen LogP contribution in [0.15, 0.2) is 0 Å². The molecule has 4 nitrogen and oxygen atoms in total. The molecule has 2 aliphatic rings. The highest BCUT2D eigenvalue weighted by atomic mass is 16.2. The first-order valence-corrected chi connectivity index (χ1v) is 7.69. The van der Waals surface area contributed by atoms with Crippen molar-refractivity contribution in [2.24, 2.45) is 17.6 Å². The highest BCUT2D eigenvalue weighted by Gasteiger charge is 2.33. The summed E-state index contributed by atoms with van der Waals surface area (Å²) in [5.41, 5.74) is 6.13. The topological polar surface area (TPSA) is 49.6 Å². The lowest BCUT2D eigenvalue weighted by atomic mass is 9.79. The smallest absolute Gasteiger partial charge is 0.225 e. The van der Waals surface area contributed by atoms with Gasteiger partial charge in [0.25, 0.3) is 0 Å². The summed E-state index contributed by atoms with van der Waals surface area (Å²) >= 11 is 0. The molecule has 0 aromatic heterocycles. The van der Waals surface area contributed by atoms with Crippen LogP contribution in [-0.2, 0) is 4.79 Å². The SMILES string of the molecule is CC1CCC(C(=O)N(C)C2CCCN(C)C2)CC1N. The van der Waals surface area contributed by atoms with E-state index in [4.69, 9.17) is 5.73 Å². The Balaban J connectivity index is 1.91. The second kappa shape index (κ2) is 6.23. The number of likely N-dealkylation sites (tertiary alicyclic amines) is 1. The van der Waals surface area contributed by atoms with E-state index in [1.165, 1.54) is 6.42 Å². The van der Waals surface area contributed by atoms with Gasteiger partial charge in [-0.3, -0.25) is 4.79 Å². The van der Waals surface area contributed by atoms with Crippen LogP contribution in [0.5, 0.6) is 0 Å². The number of amides is 1. The Morgan fingerprint density at radius 1 is 1.32 bits per heavy atom. The lowest BCUT2D eigenvalue weighted by Gasteiger charge is -2.39. The van der Waals surface area contributed by atoms with Crippen molar-refractivity contribution < 1.29 is 4.79 Å². The first-order chi connectivity index (χ1) is 8.99. The van der Waals surface area contributed by atoms with E-state index in [0.29, 0.717) is 17.9 Å². The standard InChI is InChI=1S/C15H29N3O/c1-11-6-7-12(9-14(11)16)15(19)18(3)13-5-4-8-17(2)10-13/h11-14H,4-10,16H2,1-3H3. The fourth-order valence-electron chi connectivity index (χ4n) is 3.50. The molecule has 2 rings (SSSR count). The Hall–Kier alpha value is -0.610. The Morgan fingerprint density at radius 3 is 2.68 bits per heavy atom. The van der Waals surface area contributed by atoms with E-state index in [0.717, 1.165) is 38.8 Å². The minimum absolute atomic E-state index is 0.156. The number of rotatable bonds is 2. The first kappa shape index (κ1) is 14.8. The average Bonchev–Trinajstić information content (AvgIpc) is 2.40. The summed E-state index contributed by atoms with van der Waals surface area (Å²) in [7, 11) is 4.12. The van der Waals surface area contributed by atoms with Gasteiger partial charge in [-0.05, 0) is 51.6 Å². The van der Waals surface area contributed by atoms with Crippen molar-refractivity contribution in [1.82, 2.24) is 9.80 Å². The molecule has 0 aromatic carbocycles. The van der Waals surface area contributed by atoms with Gasteiger partial charge in [0.1, 0.15) is 0 Å². The highest BCUT2D eigenvalue weighted by molar-refractivity contribution is 5.79. The van der Waals surface area contributed by atoms with E-state index in [9.17, 15) is 4.79 Å². The van der Waals surface area contributed by atoms with Gasteiger partial charge in [-0.15, -0.1) is 0 Å². The third-order valence-corrected chi connectivity index (χ3v) is 5.10. The average molecular weight is 267 g/mol. The Kier molecular flexibility index (Phi) is 4.85. The number of hydrogen-bond donors (Lipinski definition) is 1. The normalized spacial score (nSPS) is 37.1. The largest absolute Gasteiger partial charge is 0.341 e. The van der Waals surface area contributed by atoms with Crippen LogP contribution in [0.1, 0.15) is 39.0 Å². The molecule has 0 radical (unpaired) electrons. The molecular formula is C15H29N3O. The fraction of sp³-hybridized carbons (Fsp3) is 0.933. The van der Waals surface area contributed by atoms with Crippen LogP contribution in [0.25, 0.3) is 0 Å². The maximum absolute atomic E-state index is 12.6. The van der Waals surface area contributed by atoms with Gasteiger partial charge in [-0.25, -0.2) is 0 Å². The van der Waals surface area contributed by atoms with E-state index < -0.39 is 0 Å². The van der Waals surface area contributed by atoms with Crippen LogP contribution >= 0.6 is 0 Å². The zero-order valence-electron chi connectivity index (χ0n) is 12.6. The third-order valence-electron chi connectivity index (χ3n) is 5.10. The Bertz CT molecular complexity index is 321. The van der Waals surface area contributed by atoms with E-state index in [2.05, 4.69) is 18.9 Å². The van der Waals surface area contributed by atoms with E-state index in [1.807, 2.05) is 11.9 Å². The number of carbonyl (C=O) groups is 1. The fourth-order valence-corrected chi connectivity index (χ4v) is 3.50. The first-order valence-electron chi connectivity index (χ1n) is 7.69. The predicted molar refractivity (Wildman–Crippen MR) is 77.8 cm³/mol. The number of nitrogens with zero attached hydrogens (tertiary/aromatic N) is 2. The molecule has 0 aromatic rings. The second-order valence-corrected chi connectivity index (χ2v) is 6.66. The third kappa shape index (κ3) is 3.48. The van der Waals surface area contributed by atoms with E-state index >= 15 is 0 Å². The molecule has 2 fully saturated rings. The molecule has 110 valence electrons. The molecular weight excluding hydrogens is 238 g/mol. The molecule has 1 amide bonds. The van der Waals surface area contributed by atoms with Crippen molar-refractivity contribution in [2.45, 2.75) is 51.1 Å². The minimum atomic E-state index is 0.156. The maximum atomic E-state index is 12.6. The minimum Gasteiger partial charge on any atom is -0.341 e. The van der Waals surface area contributed by atoms with Gasteiger partial charge < -0.3 is 15.5 Å². The van der Waals surface area contributed by atoms with Crippen molar-refractivity contribution in [1.29, 1.82) is 0 Å². The predicted octanol–water partition coefficient (Wildman–Crippen LogP) is 1.30. The van der Waals surface area contributed by atoms with Gasteiger partial charge in [0.05, 0.1) is 0 Å². The highest BCUT2D eigenvalue weighted by Crippen LogP contribution is 2.29. The number of hydrogen-bond acceptors (Lipinski definition) is 3. The molecule has 1 aliphatic carbocycles. The zero-order valence-corrected chi connectivity index (χ0v) is 12.6. The van der Waals surface area contributed by atoms with Crippen molar-refractivity contribution >= 4 is 5.91 Å². The Labute approximate surface area is 117 Å². The van der Waals surface area contributed by atoms with Crippen LogP contribution in [0.2, 0.25) is 0 Å². The van der Waals surface area contributed by atoms with E-state index in [1.54, 1.807) is 0 Å². The summed E-state index contributed by atoms with van der Waals surface area (Å²) in [5, 5.41) is 0. The van der Waals surface area contributed by atoms with Gasteiger partial charge in [-0.2, -0.15) is 0 Å². The summed E-state index contributed by atoms with van der Waals surface area (Å²) in [6, 6.07) is 0.590. The lowest BCUT2D eigenvalue weighted by molar-refractivity contribution is -0.138. The van der Waals surface area contributed by atoms with Crippen LogP contribution < -0.4 is 5.73 Å². The van der Waals surface area contributed by atoms with E-state index in [-0.39, 0.29) is 12.0 Å². The zero-order chi connectivity index (χ0) is 14.0. The van der Waals surface area contributed by atoms with Gasteiger partial charge >= 0.3 is 0 Å². The van der Waals surface area contributed by atoms with Crippen LogP contribution in [-0.4, -0.2) is 55.0 Å². The van der Waals surface area contributed by atoms with Crippen molar-refractivity contribution in [3.63, 3.8) is 0 Å². The van der Waals surface area contributed by atoms with Crippen LogP contribution in [0, 0.1) is 11.8 Å². The second-order valence-electron chi connectivity index (χ2n) is 6.66. The van der Waals surface area contributed by atoms with Crippen LogP contribution in [0.3, 0.4) is 0 Å². The lowest BCUT2D eigenvalue weighted by Crippen LogP contribution is -2.50. The van der Waals surface area contributed by atoms with Gasteiger partial charge in [0.2, 0.25) is 5.91 Å². The molecule has 1 saturated heterocycles. The van der Waals surface area contributed by atoms with Gasteiger partial charge in [0, 0.05) is 31.6 Å². The maximum Gasteiger partial charge on any atom is 0.225 e. The molecule has 2 N–H and O–H groups in total. The monoisotopic (exact) mass is 267 g/mol. The summed E-state index contributed by atoms with van der Waals surface area (Å²) in [4.78, 5) is 16.9. The van der Waals surface area contributed by atoms with Crippen molar-refractivity contribution in [2.75, 3.05) is 27.2 Å². The molecule has 1 aliphatic heterocycles. The summed E-state index contributed by atoms with van der Waals surface area (Å²) in [6.07, 6.45) is 5.31. The number of piperidine rings is 1. The summed E-state index contributed by atoms with van der Waals surface area (Å²) in [6.45, 7) is 4.37. The van der Waals surface area contributed by atoms with Gasteiger partial charge in [0.15, 0.2) is 0 Å². The quantitative estimate of drug-likeness (QED) is 0.820. The molecule has 4 unspecified atom stereocenters. The molecule has 1 heterocycles. The van der Waals surface area contributed by atoms with Gasteiger partial charge in [-0.1, -0.05) is 6.92 Å². The molecule has 0 spiro atoms. The number of likely N-dealkylation sites (N-methyl/N-ethyl adjacent to an activating group) is 2. The number of carbonyl (C=O) groups excluding carboxylic acids is 1. The molecule has 4 atom stereocenters. The molecule has 19 heavy (non-hydrogen) atoms.